The van der Waals surface area contributed by atoms with Crippen molar-refractivity contribution >= 4 is 22.2 Å². The van der Waals surface area contributed by atoms with E-state index in [1.807, 2.05) is 0 Å². The highest BCUT2D eigenvalue weighted by atomic mass is 16.5. The SMILES string of the molecule is COc1cc2c(NC3CC3)cc(C3=CC=C(C)C3)nc2cc1OCC1CCNCC1. The van der Waals surface area contributed by atoms with Crippen molar-refractivity contribution in [3.8, 4) is 11.5 Å². The molecule has 0 unspecified atom stereocenters. The van der Waals surface area contributed by atoms with Crippen molar-refractivity contribution in [2.24, 2.45) is 5.92 Å². The number of ether oxygens (including phenoxy) is 2. The molecule has 0 bridgehead atoms. The molecule has 2 aliphatic carbocycles. The lowest BCUT2D eigenvalue weighted by atomic mass is 9.99. The predicted octanol–water partition coefficient (Wildman–Crippen LogP) is 4.93. The number of hydrogen-bond donors (Lipinski definition) is 2. The Labute approximate surface area is 178 Å². The lowest BCUT2D eigenvalue weighted by Crippen LogP contribution is -2.30. The summed E-state index contributed by atoms with van der Waals surface area (Å²) in [5.74, 6) is 2.17. The zero-order valence-electron chi connectivity index (χ0n) is 18.0. The monoisotopic (exact) mass is 405 g/mol. The van der Waals surface area contributed by atoms with Gasteiger partial charge in [-0.25, -0.2) is 4.98 Å². The van der Waals surface area contributed by atoms with Crippen molar-refractivity contribution in [1.82, 2.24) is 10.3 Å². The van der Waals surface area contributed by atoms with Gasteiger partial charge in [0.2, 0.25) is 0 Å². The number of pyridine rings is 1. The Hall–Kier alpha value is -2.53. The molecular formula is C25H31N3O2. The molecule has 0 spiro atoms. The van der Waals surface area contributed by atoms with E-state index < -0.39 is 0 Å². The van der Waals surface area contributed by atoms with Crippen LogP contribution in [-0.2, 0) is 0 Å². The van der Waals surface area contributed by atoms with Crippen LogP contribution in [0.1, 0.15) is 44.7 Å². The molecule has 1 saturated heterocycles. The Morgan fingerprint density at radius 1 is 1.07 bits per heavy atom. The minimum absolute atomic E-state index is 0.572. The molecule has 158 valence electrons. The molecule has 3 aliphatic rings. The number of rotatable bonds is 7. The average Bonchev–Trinajstić information content (AvgIpc) is 3.48. The van der Waals surface area contributed by atoms with Gasteiger partial charge in [0, 0.05) is 23.2 Å². The topological polar surface area (TPSA) is 55.4 Å². The molecular weight excluding hydrogens is 374 g/mol. The Bertz CT molecular complexity index is 1000. The molecule has 0 amide bonds. The summed E-state index contributed by atoms with van der Waals surface area (Å²) >= 11 is 0. The highest BCUT2D eigenvalue weighted by Gasteiger charge is 2.24. The predicted molar refractivity (Wildman–Crippen MR) is 122 cm³/mol. The van der Waals surface area contributed by atoms with E-state index in [-0.39, 0.29) is 0 Å². The van der Waals surface area contributed by atoms with Gasteiger partial charge in [-0.1, -0.05) is 17.7 Å². The minimum Gasteiger partial charge on any atom is -0.493 e. The first-order valence-corrected chi connectivity index (χ1v) is 11.2. The molecule has 30 heavy (non-hydrogen) atoms. The number of anilines is 1. The van der Waals surface area contributed by atoms with Gasteiger partial charge < -0.3 is 20.1 Å². The highest BCUT2D eigenvalue weighted by molar-refractivity contribution is 5.95. The van der Waals surface area contributed by atoms with Crippen molar-refractivity contribution in [2.45, 2.75) is 45.1 Å². The molecule has 2 aromatic rings. The lowest BCUT2D eigenvalue weighted by Gasteiger charge is -2.23. The second-order valence-electron chi connectivity index (χ2n) is 8.88. The molecule has 1 aliphatic heterocycles. The number of nitrogens with one attached hydrogen (secondary N) is 2. The van der Waals surface area contributed by atoms with Gasteiger partial charge in [-0.15, -0.1) is 0 Å². The summed E-state index contributed by atoms with van der Waals surface area (Å²) in [6.45, 7) is 5.05. The zero-order chi connectivity index (χ0) is 20.5. The number of nitrogens with zero attached hydrogens (tertiary/aromatic N) is 1. The number of benzene rings is 1. The molecule has 5 nitrogen and oxygen atoms in total. The second-order valence-corrected chi connectivity index (χ2v) is 8.88. The molecule has 2 heterocycles. The van der Waals surface area contributed by atoms with Crippen LogP contribution in [0.2, 0.25) is 0 Å². The smallest absolute Gasteiger partial charge is 0.163 e. The van der Waals surface area contributed by atoms with Crippen molar-refractivity contribution in [2.75, 3.05) is 32.1 Å². The summed E-state index contributed by atoms with van der Waals surface area (Å²) in [4.78, 5) is 5.02. The summed E-state index contributed by atoms with van der Waals surface area (Å²) in [5, 5.41) is 8.21. The van der Waals surface area contributed by atoms with Gasteiger partial charge in [-0.2, -0.15) is 0 Å². The van der Waals surface area contributed by atoms with Gasteiger partial charge in [0.25, 0.3) is 0 Å². The number of hydrogen-bond acceptors (Lipinski definition) is 5. The maximum absolute atomic E-state index is 6.25. The van der Waals surface area contributed by atoms with E-state index in [2.05, 4.69) is 47.9 Å². The normalized spacial score (nSPS) is 19.5. The maximum Gasteiger partial charge on any atom is 0.163 e. The van der Waals surface area contributed by atoms with Crippen LogP contribution in [0.3, 0.4) is 0 Å². The quantitative estimate of drug-likeness (QED) is 0.684. The van der Waals surface area contributed by atoms with Crippen LogP contribution in [0, 0.1) is 5.92 Å². The first-order valence-electron chi connectivity index (χ1n) is 11.2. The summed E-state index contributed by atoms with van der Waals surface area (Å²) in [6.07, 6.45) is 10.1. The Morgan fingerprint density at radius 2 is 1.90 bits per heavy atom. The van der Waals surface area contributed by atoms with Crippen LogP contribution in [0.5, 0.6) is 11.5 Å². The number of piperidine rings is 1. The van der Waals surface area contributed by atoms with Crippen LogP contribution < -0.4 is 20.1 Å². The maximum atomic E-state index is 6.25. The van der Waals surface area contributed by atoms with E-state index in [0.717, 1.165) is 72.7 Å². The summed E-state index contributed by atoms with van der Waals surface area (Å²) in [7, 11) is 1.71. The third kappa shape index (κ3) is 4.17. The van der Waals surface area contributed by atoms with Crippen LogP contribution >= 0.6 is 0 Å². The minimum atomic E-state index is 0.572. The Morgan fingerprint density at radius 3 is 2.60 bits per heavy atom. The number of aromatic nitrogens is 1. The summed E-state index contributed by atoms with van der Waals surface area (Å²) in [6, 6.07) is 6.92. The standard InChI is InChI=1S/C25H31N3O2/c1-16-3-4-18(11-16)21-13-22(27-19-5-6-19)20-12-24(29-2)25(14-23(20)28-21)30-15-17-7-9-26-10-8-17/h3-4,12-14,17,19,26H,5-11,15H2,1-2H3,(H,27,28). The third-order valence-corrected chi connectivity index (χ3v) is 6.33. The van der Waals surface area contributed by atoms with Gasteiger partial charge in [0.1, 0.15) is 0 Å². The molecule has 1 saturated carbocycles. The summed E-state index contributed by atoms with van der Waals surface area (Å²) in [5.41, 5.74) is 5.81. The second kappa shape index (κ2) is 8.31. The summed E-state index contributed by atoms with van der Waals surface area (Å²) < 4.78 is 12.0. The first kappa shape index (κ1) is 19.4. The van der Waals surface area contributed by atoms with E-state index in [1.54, 1.807) is 7.11 Å². The molecule has 2 fully saturated rings. The van der Waals surface area contributed by atoms with E-state index in [9.17, 15) is 0 Å². The number of methoxy groups -OCH3 is 1. The zero-order valence-corrected chi connectivity index (χ0v) is 18.0. The molecule has 2 N–H and O–H groups in total. The third-order valence-electron chi connectivity index (χ3n) is 6.33. The fourth-order valence-corrected chi connectivity index (χ4v) is 4.33. The van der Waals surface area contributed by atoms with Crippen molar-refractivity contribution in [1.29, 1.82) is 0 Å². The highest BCUT2D eigenvalue weighted by Crippen LogP contribution is 2.39. The fraction of sp³-hybridized carbons (Fsp3) is 0.480. The van der Waals surface area contributed by atoms with Crippen LogP contribution in [0.25, 0.3) is 16.5 Å². The van der Waals surface area contributed by atoms with E-state index >= 15 is 0 Å². The van der Waals surface area contributed by atoms with Gasteiger partial charge in [0.05, 0.1) is 24.9 Å². The van der Waals surface area contributed by atoms with Crippen molar-refractivity contribution < 1.29 is 9.47 Å². The largest absolute Gasteiger partial charge is 0.493 e. The van der Waals surface area contributed by atoms with Gasteiger partial charge >= 0.3 is 0 Å². The Kier molecular flexibility index (Phi) is 5.38. The average molecular weight is 406 g/mol. The Balaban J connectivity index is 1.49. The molecule has 0 radical (unpaired) electrons. The van der Waals surface area contributed by atoms with Crippen LogP contribution in [-0.4, -0.2) is 37.8 Å². The van der Waals surface area contributed by atoms with E-state index in [4.69, 9.17) is 14.5 Å². The first-order chi connectivity index (χ1) is 14.7. The van der Waals surface area contributed by atoms with E-state index in [1.165, 1.54) is 24.0 Å². The molecule has 1 aromatic carbocycles. The van der Waals surface area contributed by atoms with Crippen LogP contribution in [0.15, 0.2) is 35.9 Å². The van der Waals surface area contributed by atoms with Crippen molar-refractivity contribution in [3.63, 3.8) is 0 Å². The lowest BCUT2D eigenvalue weighted by molar-refractivity contribution is 0.208. The van der Waals surface area contributed by atoms with Gasteiger partial charge in [-0.05, 0) is 75.7 Å². The van der Waals surface area contributed by atoms with Crippen molar-refractivity contribution in [3.05, 3.63) is 41.6 Å². The number of fused-ring (bicyclic) bond motifs is 1. The number of allylic oxidation sites excluding steroid dienone is 4. The van der Waals surface area contributed by atoms with Gasteiger partial charge in [-0.3, -0.25) is 0 Å². The van der Waals surface area contributed by atoms with Gasteiger partial charge in [0.15, 0.2) is 11.5 Å². The molecule has 1 aromatic heterocycles. The molecule has 0 atom stereocenters. The van der Waals surface area contributed by atoms with E-state index in [0.29, 0.717) is 12.0 Å². The fourth-order valence-electron chi connectivity index (χ4n) is 4.33. The molecule has 5 heteroatoms. The molecule has 5 rings (SSSR count). The van der Waals surface area contributed by atoms with Crippen LogP contribution in [0.4, 0.5) is 5.69 Å².